The highest BCUT2D eigenvalue weighted by molar-refractivity contribution is 8.00. The van der Waals surface area contributed by atoms with Gasteiger partial charge in [-0.2, -0.15) is 0 Å². The molecule has 0 aromatic heterocycles. The van der Waals surface area contributed by atoms with Crippen LogP contribution in [0.5, 0.6) is 0 Å². The van der Waals surface area contributed by atoms with E-state index in [2.05, 4.69) is 5.32 Å². The van der Waals surface area contributed by atoms with Gasteiger partial charge < -0.3 is 15.1 Å². The number of carbonyl (C=O) groups excluding carboxylic acids is 3. The summed E-state index contributed by atoms with van der Waals surface area (Å²) in [4.78, 5) is 42.1. The van der Waals surface area contributed by atoms with E-state index in [4.69, 9.17) is 0 Å². The van der Waals surface area contributed by atoms with E-state index >= 15 is 0 Å². The van der Waals surface area contributed by atoms with Crippen LogP contribution in [-0.4, -0.2) is 48.0 Å². The number of nitrogens with one attached hydrogen (secondary N) is 1. The lowest BCUT2D eigenvalue weighted by Crippen LogP contribution is -2.41. The van der Waals surface area contributed by atoms with Gasteiger partial charge >= 0.3 is 0 Å². The van der Waals surface area contributed by atoms with Gasteiger partial charge in [-0.1, -0.05) is 12.1 Å². The minimum absolute atomic E-state index is 0.0162. The van der Waals surface area contributed by atoms with Crippen molar-refractivity contribution < 1.29 is 14.4 Å². The zero-order valence-electron chi connectivity index (χ0n) is 16.3. The molecule has 1 fully saturated rings. The molecule has 6 nitrogen and oxygen atoms in total. The average molecular weight is 410 g/mol. The third kappa shape index (κ3) is 4.29. The summed E-state index contributed by atoms with van der Waals surface area (Å²) in [6, 6.07) is 13.0. The number of anilines is 2. The van der Waals surface area contributed by atoms with Crippen molar-refractivity contribution in [3.8, 4) is 0 Å². The fourth-order valence-electron chi connectivity index (χ4n) is 3.68. The van der Waals surface area contributed by atoms with Crippen molar-refractivity contribution in [1.29, 1.82) is 0 Å². The SMILES string of the molecule is Cc1cccc(NC(=O)CN2C(=O)CSc3ccc(C(=O)N4CCCC4)cc32)c1. The van der Waals surface area contributed by atoms with Crippen LogP contribution in [0.25, 0.3) is 0 Å². The Balaban J connectivity index is 1.55. The standard InChI is InChI=1S/C22H23N3O3S/c1-15-5-4-6-17(11-15)23-20(26)13-25-18-12-16(22(28)24-9-2-3-10-24)7-8-19(18)29-14-21(25)27/h4-8,11-12H,2-3,9-10,13-14H2,1H3,(H,23,26). The second-order valence-corrected chi connectivity index (χ2v) is 8.39. The summed E-state index contributed by atoms with van der Waals surface area (Å²) >= 11 is 1.44. The van der Waals surface area contributed by atoms with Crippen LogP contribution in [0, 0.1) is 6.92 Å². The first kappa shape index (κ1) is 19.5. The maximum absolute atomic E-state index is 12.8. The molecule has 2 aromatic rings. The van der Waals surface area contributed by atoms with Gasteiger partial charge in [-0.25, -0.2) is 0 Å². The van der Waals surface area contributed by atoms with Gasteiger partial charge in [0.15, 0.2) is 0 Å². The number of fused-ring (bicyclic) bond motifs is 1. The van der Waals surface area contributed by atoms with Crippen LogP contribution in [-0.2, 0) is 9.59 Å². The minimum atomic E-state index is -0.266. The van der Waals surface area contributed by atoms with Crippen molar-refractivity contribution in [3.63, 3.8) is 0 Å². The summed E-state index contributed by atoms with van der Waals surface area (Å²) < 4.78 is 0. The fraction of sp³-hybridized carbons (Fsp3) is 0.318. The molecule has 0 unspecified atom stereocenters. The molecule has 29 heavy (non-hydrogen) atoms. The number of likely N-dealkylation sites (tertiary alicyclic amines) is 1. The Kier molecular flexibility index (Phi) is 5.58. The molecule has 0 aliphatic carbocycles. The number of benzene rings is 2. The molecule has 1 N–H and O–H groups in total. The molecular formula is C22H23N3O3S. The molecule has 2 aliphatic rings. The summed E-state index contributed by atoms with van der Waals surface area (Å²) in [5.74, 6) is -0.132. The molecule has 7 heteroatoms. The average Bonchev–Trinajstić information content (AvgIpc) is 3.24. The number of hydrogen-bond donors (Lipinski definition) is 1. The van der Waals surface area contributed by atoms with Crippen LogP contribution >= 0.6 is 11.8 Å². The third-order valence-corrected chi connectivity index (χ3v) is 6.19. The molecular weight excluding hydrogens is 386 g/mol. The minimum Gasteiger partial charge on any atom is -0.339 e. The molecule has 0 bridgehead atoms. The van der Waals surface area contributed by atoms with E-state index in [1.165, 1.54) is 16.7 Å². The highest BCUT2D eigenvalue weighted by Gasteiger charge is 2.28. The van der Waals surface area contributed by atoms with E-state index in [0.717, 1.165) is 36.4 Å². The van der Waals surface area contributed by atoms with Gasteiger partial charge in [0.2, 0.25) is 11.8 Å². The van der Waals surface area contributed by atoms with Crippen LogP contribution in [0.2, 0.25) is 0 Å². The van der Waals surface area contributed by atoms with Crippen molar-refractivity contribution in [3.05, 3.63) is 53.6 Å². The van der Waals surface area contributed by atoms with Gasteiger partial charge in [0, 0.05) is 29.2 Å². The van der Waals surface area contributed by atoms with Gasteiger partial charge in [-0.15, -0.1) is 11.8 Å². The highest BCUT2D eigenvalue weighted by atomic mass is 32.2. The Hall–Kier alpha value is -2.80. The van der Waals surface area contributed by atoms with Crippen LogP contribution in [0.15, 0.2) is 47.4 Å². The lowest BCUT2D eigenvalue weighted by molar-refractivity contribution is -0.120. The molecule has 2 aromatic carbocycles. The number of rotatable bonds is 4. The molecule has 3 amide bonds. The molecule has 2 heterocycles. The summed E-state index contributed by atoms with van der Waals surface area (Å²) in [7, 11) is 0. The summed E-state index contributed by atoms with van der Waals surface area (Å²) in [6.45, 7) is 3.41. The van der Waals surface area contributed by atoms with E-state index in [9.17, 15) is 14.4 Å². The number of thioether (sulfide) groups is 1. The lowest BCUT2D eigenvalue weighted by atomic mass is 10.1. The second kappa shape index (κ2) is 8.29. The summed E-state index contributed by atoms with van der Waals surface area (Å²) in [5, 5.41) is 2.85. The molecule has 2 aliphatic heterocycles. The molecule has 0 atom stereocenters. The van der Waals surface area contributed by atoms with E-state index in [1.807, 2.05) is 48.2 Å². The maximum Gasteiger partial charge on any atom is 0.253 e. The lowest BCUT2D eigenvalue weighted by Gasteiger charge is -2.29. The summed E-state index contributed by atoms with van der Waals surface area (Å²) in [6.07, 6.45) is 2.05. The van der Waals surface area contributed by atoms with Gasteiger partial charge in [-0.3, -0.25) is 14.4 Å². The Morgan fingerprint density at radius 1 is 1.10 bits per heavy atom. The van der Waals surface area contributed by atoms with Crippen molar-refractivity contribution in [2.24, 2.45) is 0 Å². The van der Waals surface area contributed by atoms with E-state index in [-0.39, 0.29) is 30.0 Å². The zero-order chi connectivity index (χ0) is 20.4. The van der Waals surface area contributed by atoms with Crippen LogP contribution in [0.1, 0.15) is 28.8 Å². The predicted molar refractivity (Wildman–Crippen MR) is 114 cm³/mol. The smallest absolute Gasteiger partial charge is 0.253 e. The predicted octanol–water partition coefficient (Wildman–Crippen LogP) is 3.31. The highest BCUT2D eigenvalue weighted by Crippen LogP contribution is 2.36. The number of hydrogen-bond acceptors (Lipinski definition) is 4. The van der Waals surface area contributed by atoms with E-state index in [1.54, 1.807) is 6.07 Å². The first-order valence-electron chi connectivity index (χ1n) is 9.74. The van der Waals surface area contributed by atoms with Gasteiger partial charge in [0.1, 0.15) is 6.54 Å². The Labute approximate surface area is 174 Å². The number of aryl methyl sites for hydroxylation is 1. The first-order valence-corrected chi connectivity index (χ1v) is 10.7. The van der Waals surface area contributed by atoms with Gasteiger partial charge in [0.05, 0.1) is 11.4 Å². The summed E-state index contributed by atoms with van der Waals surface area (Å²) in [5.41, 5.74) is 2.94. The second-order valence-electron chi connectivity index (χ2n) is 7.37. The van der Waals surface area contributed by atoms with Crippen LogP contribution < -0.4 is 10.2 Å². The Morgan fingerprint density at radius 3 is 2.66 bits per heavy atom. The van der Waals surface area contributed by atoms with E-state index in [0.29, 0.717) is 16.9 Å². The molecule has 150 valence electrons. The fourth-order valence-corrected chi connectivity index (χ4v) is 4.59. The van der Waals surface area contributed by atoms with Crippen molar-refractivity contribution in [2.75, 3.05) is 35.6 Å². The Morgan fingerprint density at radius 2 is 1.90 bits per heavy atom. The normalized spacial score (nSPS) is 16.0. The quantitative estimate of drug-likeness (QED) is 0.841. The topological polar surface area (TPSA) is 69.7 Å². The molecule has 4 rings (SSSR count). The number of amides is 3. The van der Waals surface area contributed by atoms with Crippen LogP contribution in [0.4, 0.5) is 11.4 Å². The zero-order valence-corrected chi connectivity index (χ0v) is 17.1. The van der Waals surface area contributed by atoms with Crippen molar-refractivity contribution in [2.45, 2.75) is 24.7 Å². The maximum atomic E-state index is 12.8. The number of carbonyl (C=O) groups is 3. The molecule has 1 saturated heterocycles. The Bertz CT molecular complexity index is 970. The molecule has 0 spiro atoms. The number of nitrogens with zero attached hydrogens (tertiary/aromatic N) is 2. The van der Waals surface area contributed by atoms with E-state index < -0.39 is 0 Å². The first-order chi connectivity index (χ1) is 14.0. The largest absolute Gasteiger partial charge is 0.339 e. The van der Waals surface area contributed by atoms with Crippen LogP contribution in [0.3, 0.4) is 0 Å². The molecule has 0 radical (unpaired) electrons. The third-order valence-electron chi connectivity index (χ3n) is 5.15. The van der Waals surface area contributed by atoms with Crippen molar-refractivity contribution >= 4 is 40.9 Å². The van der Waals surface area contributed by atoms with Gasteiger partial charge in [0.25, 0.3) is 5.91 Å². The molecule has 0 saturated carbocycles. The van der Waals surface area contributed by atoms with Crippen molar-refractivity contribution in [1.82, 2.24) is 4.90 Å². The van der Waals surface area contributed by atoms with Gasteiger partial charge in [-0.05, 0) is 55.7 Å². The monoisotopic (exact) mass is 409 g/mol.